The molecule has 0 unspecified atom stereocenters. The van der Waals surface area contributed by atoms with Crippen molar-refractivity contribution in [2.75, 3.05) is 0 Å². The van der Waals surface area contributed by atoms with Crippen LogP contribution in [0.2, 0.25) is 0 Å². The fourth-order valence-electron chi connectivity index (χ4n) is 4.89. The Labute approximate surface area is 334 Å². The molecule has 0 bridgehead atoms. The van der Waals surface area contributed by atoms with Gasteiger partial charge in [0.1, 0.15) is 0 Å². The van der Waals surface area contributed by atoms with E-state index in [9.17, 15) is 86.4 Å². The van der Waals surface area contributed by atoms with E-state index in [0.717, 1.165) is 48.5 Å². The van der Waals surface area contributed by atoms with Crippen molar-refractivity contribution in [3.8, 4) is 0 Å². The molecule has 0 aliphatic carbocycles. The van der Waals surface area contributed by atoms with Crippen LogP contribution in [-0.2, 0) is 40.1 Å². The summed E-state index contributed by atoms with van der Waals surface area (Å²) >= 11 is 0. The second-order valence-electron chi connectivity index (χ2n) is 11.8. The van der Waals surface area contributed by atoms with E-state index in [1.807, 2.05) is 0 Å². The first-order chi connectivity index (χ1) is 27.3. The van der Waals surface area contributed by atoms with Crippen molar-refractivity contribution in [3.63, 3.8) is 0 Å². The van der Waals surface area contributed by atoms with Gasteiger partial charge in [0.05, 0.1) is 24.2 Å². The van der Waals surface area contributed by atoms with Crippen molar-refractivity contribution >= 4 is 40.1 Å². The fraction of sp³-hybridized carbons (Fsp3) is 0.250. The fourth-order valence-corrected chi connectivity index (χ4v) is 7.85. The lowest BCUT2D eigenvalue weighted by Gasteiger charge is -2.30. The van der Waals surface area contributed by atoms with Gasteiger partial charge in [-0.1, -0.05) is 121 Å². The predicted molar refractivity (Wildman–Crippen MR) is 189 cm³/mol. The highest BCUT2D eigenvalue weighted by molar-refractivity contribution is 7.91. The third kappa shape index (κ3) is 12.8. The molecular weight excluding hydrogens is 925 g/mol. The molecule has 0 saturated carbocycles. The number of sulfonamides is 4. The third-order valence-corrected chi connectivity index (χ3v) is 12.3. The summed E-state index contributed by atoms with van der Waals surface area (Å²) in [6, 6.07) is 17.0. The topological polar surface area (TPSA) is 185 Å². The molecule has 0 spiro atoms. The second-order valence-corrected chi connectivity index (χ2v) is 18.6. The Kier molecular flexibility index (Phi) is 15.6. The van der Waals surface area contributed by atoms with Crippen molar-refractivity contribution in [1.29, 1.82) is 0 Å². The van der Waals surface area contributed by atoms with Crippen LogP contribution in [0.3, 0.4) is 0 Å². The Morgan fingerprint density at radius 3 is 0.533 bits per heavy atom. The van der Waals surface area contributed by atoms with Gasteiger partial charge in [0.25, 0.3) is 0 Å². The highest BCUT2D eigenvalue weighted by atomic mass is 32.2. The van der Waals surface area contributed by atoms with Crippen LogP contribution in [0, 0.1) is 0 Å². The van der Waals surface area contributed by atoms with Crippen LogP contribution in [0.1, 0.15) is 46.4 Å². The monoisotopic (exact) mass is 952 g/mol. The third-order valence-electron chi connectivity index (χ3n) is 7.65. The number of benzene rings is 4. The Morgan fingerprint density at radius 1 is 0.283 bits per heavy atom. The van der Waals surface area contributed by atoms with Crippen molar-refractivity contribution in [3.05, 3.63) is 144 Å². The van der Waals surface area contributed by atoms with E-state index in [1.165, 1.54) is 91.7 Å². The van der Waals surface area contributed by atoms with Gasteiger partial charge in [0.15, 0.2) is 0 Å². The lowest BCUT2D eigenvalue weighted by atomic mass is 9.95. The van der Waals surface area contributed by atoms with Crippen LogP contribution in [0.25, 0.3) is 0 Å². The van der Waals surface area contributed by atoms with E-state index in [1.54, 1.807) is 0 Å². The minimum Gasteiger partial charge on any atom is -0.203 e. The number of halogens is 12. The van der Waals surface area contributed by atoms with Crippen molar-refractivity contribution in [2.45, 2.75) is 46.2 Å². The first-order valence-corrected chi connectivity index (χ1v) is 21.8. The Morgan fingerprint density at radius 2 is 0.417 bits per heavy atom. The normalized spacial score (nSPS) is 15.5. The molecule has 0 radical (unpaired) electrons. The van der Waals surface area contributed by atoms with E-state index in [0.29, 0.717) is 0 Å². The molecular formula is C32H28F12N4O8S4. The maximum atomic E-state index is 12.9. The average molecular weight is 953 g/mol. The zero-order valence-electron chi connectivity index (χ0n) is 29.3. The molecule has 4 atom stereocenters. The molecule has 4 rings (SSSR count). The van der Waals surface area contributed by atoms with E-state index < -0.39 is 86.3 Å². The van der Waals surface area contributed by atoms with Gasteiger partial charge in [-0.25, -0.2) is 33.7 Å². The molecule has 0 aromatic heterocycles. The van der Waals surface area contributed by atoms with Crippen molar-refractivity contribution in [2.24, 2.45) is 0 Å². The lowest BCUT2D eigenvalue weighted by molar-refractivity contribution is -0.0465. The van der Waals surface area contributed by atoms with Gasteiger partial charge in [-0.2, -0.15) is 71.6 Å². The summed E-state index contributed by atoms with van der Waals surface area (Å²) in [5, 5.41) is 0. The molecule has 0 heterocycles. The minimum atomic E-state index is -6.06. The van der Waals surface area contributed by atoms with E-state index in [4.69, 9.17) is 0 Å². The molecule has 0 saturated heterocycles. The average Bonchev–Trinajstić information content (AvgIpc) is 3.14. The van der Waals surface area contributed by atoms with Crippen LogP contribution in [0.5, 0.6) is 0 Å². The molecule has 0 aliphatic heterocycles. The van der Waals surface area contributed by atoms with Gasteiger partial charge >= 0.3 is 62.1 Å². The van der Waals surface area contributed by atoms with E-state index in [-0.39, 0.29) is 22.3 Å². The van der Waals surface area contributed by atoms with Gasteiger partial charge in [-0.3, -0.25) is 0 Å². The van der Waals surface area contributed by atoms with Gasteiger partial charge in [0, 0.05) is 0 Å². The number of alkyl halides is 12. The first kappa shape index (κ1) is 50.0. The van der Waals surface area contributed by atoms with Crippen molar-refractivity contribution < 1.29 is 86.4 Å². The zero-order valence-corrected chi connectivity index (χ0v) is 32.6. The molecule has 28 heteroatoms. The van der Waals surface area contributed by atoms with Gasteiger partial charge in [-0.15, -0.1) is 0 Å². The molecule has 0 fully saturated rings. The number of hydrogen-bond acceptors (Lipinski definition) is 8. The smallest absolute Gasteiger partial charge is 0.203 e. The van der Waals surface area contributed by atoms with Gasteiger partial charge in [0.2, 0.25) is 0 Å². The second kappa shape index (κ2) is 18.7. The maximum Gasteiger partial charge on any atom is 0.511 e. The molecule has 4 N–H and O–H groups in total. The summed E-state index contributed by atoms with van der Waals surface area (Å²) < 4.78 is 254. The molecule has 0 amide bonds. The molecule has 332 valence electrons. The zero-order chi connectivity index (χ0) is 45.6. The summed E-state index contributed by atoms with van der Waals surface area (Å²) in [7, 11) is -24.2. The van der Waals surface area contributed by atoms with Crippen LogP contribution in [-0.4, -0.2) is 55.7 Å². The summed E-state index contributed by atoms with van der Waals surface area (Å²) in [5.74, 6) is 0. The van der Waals surface area contributed by atoms with Crippen LogP contribution >= 0.6 is 0 Å². The minimum absolute atomic E-state index is 0.205. The van der Waals surface area contributed by atoms with Crippen LogP contribution in [0.4, 0.5) is 52.7 Å². The predicted octanol–water partition coefficient (Wildman–Crippen LogP) is 6.69. The highest BCUT2D eigenvalue weighted by Crippen LogP contribution is 2.37. The first-order valence-electron chi connectivity index (χ1n) is 15.9. The molecule has 0 aliphatic rings. The number of hydrogen-bond donors (Lipinski definition) is 4. The molecule has 12 nitrogen and oxygen atoms in total. The summed E-state index contributed by atoms with van der Waals surface area (Å²) in [6.07, 6.45) is 0. The molecule has 60 heavy (non-hydrogen) atoms. The largest absolute Gasteiger partial charge is 0.511 e. The Hall–Kier alpha value is -4.32. The van der Waals surface area contributed by atoms with Crippen molar-refractivity contribution in [1.82, 2.24) is 18.9 Å². The Balaban J connectivity index is 0.000000320. The standard InChI is InChI=1S/2C16H14F6N2O4S2/c2*17-15(18,19)29(25,26)23-13(11-7-3-1-4-8-11)14(12-9-5-2-6-10-12)24-30(27,28)16(20,21)22/h2*1-10,13-14,23-24H/t2*13-,14-/m11/s1. The number of rotatable bonds is 14. The summed E-state index contributed by atoms with van der Waals surface area (Å²) in [4.78, 5) is 0. The Bertz CT molecular complexity index is 2110. The quantitative estimate of drug-likeness (QED) is 0.101. The summed E-state index contributed by atoms with van der Waals surface area (Å²) in [6.45, 7) is 0. The van der Waals surface area contributed by atoms with E-state index in [2.05, 4.69) is 0 Å². The van der Waals surface area contributed by atoms with Crippen LogP contribution < -0.4 is 18.9 Å². The molecule has 4 aromatic rings. The van der Waals surface area contributed by atoms with Gasteiger partial charge in [-0.05, 0) is 22.3 Å². The number of nitrogens with one attached hydrogen (secondary N) is 4. The SMILES string of the molecule is O=S(=O)(N[C@H](c1ccccc1)[C@H](NS(=O)(=O)C(F)(F)F)c1ccccc1)C(F)(F)F.O=S(=O)(N[C@H](c1ccccc1)[C@H](NS(=O)(=O)C(F)(F)F)c1ccccc1)C(F)(F)F. The summed E-state index contributed by atoms with van der Waals surface area (Å²) in [5.41, 5.74) is -24.0. The molecule has 4 aromatic carbocycles. The maximum absolute atomic E-state index is 12.9. The van der Waals surface area contributed by atoms with E-state index >= 15 is 0 Å². The van der Waals surface area contributed by atoms with Gasteiger partial charge < -0.3 is 0 Å². The highest BCUT2D eigenvalue weighted by Gasteiger charge is 2.53. The lowest BCUT2D eigenvalue weighted by Crippen LogP contribution is -2.47. The van der Waals surface area contributed by atoms with Crippen LogP contribution in [0.15, 0.2) is 121 Å².